The Bertz CT molecular complexity index is 418. The van der Waals surface area contributed by atoms with Crippen molar-refractivity contribution in [2.45, 2.75) is 20.0 Å². The predicted molar refractivity (Wildman–Crippen MR) is 51.1 cm³/mol. The minimum atomic E-state index is 0.475. The maximum Gasteiger partial charge on any atom is 0.123 e. The quantitative estimate of drug-likeness (QED) is 0.740. The number of pyridine rings is 1. The van der Waals surface area contributed by atoms with Crippen LogP contribution in [0, 0.1) is 0 Å². The van der Waals surface area contributed by atoms with Crippen LogP contribution in [0.5, 0.6) is 0 Å². The first kappa shape index (κ1) is 8.19. The molecule has 0 unspecified atom stereocenters. The Morgan fingerprint density at radius 2 is 2.38 bits per heavy atom. The van der Waals surface area contributed by atoms with Gasteiger partial charge in [0.25, 0.3) is 0 Å². The Labute approximate surface area is 76.4 Å². The van der Waals surface area contributed by atoms with Gasteiger partial charge in [-0.2, -0.15) is 0 Å². The number of rotatable bonds is 2. The molecular formula is C9H12N4. The molecule has 0 radical (unpaired) electrons. The lowest BCUT2D eigenvalue weighted by Crippen LogP contribution is -2.06. The Morgan fingerprint density at radius 1 is 1.54 bits per heavy atom. The number of aromatic nitrogens is 3. The molecule has 2 heterocycles. The zero-order chi connectivity index (χ0) is 9.26. The predicted octanol–water partition coefficient (Wildman–Crippen LogP) is 0.910. The number of hydrogen-bond donors (Lipinski definition) is 1. The van der Waals surface area contributed by atoms with E-state index >= 15 is 0 Å². The normalized spacial score (nSPS) is 10.9. The number of hydrogen-bond acceptors (Lipinski definition) is 3. The number of nitrogens with zero attached hydrogens (tertiary/aromatic N) is 3. The van der Waals surface area contributed by atoms with Gasteiger partial charge in [0.2, 0.25) is 0 Å². The standard InChI is InChI=1S/C9H12N4/c1-2-13-8-3-4-11-6-7(8)12-9(13)5-10/h3-4,6H,2,5,10H2,1H3. The van der Waals surface area contributed by atoms with Gasteiger partial charge in [-0.3, -0.25) is 4.98 Å². The first-order valence-corrected chi connectivity index (χ1v) is 4.36. The summed E-state index contributed by atoms with van der Waals surface area (Å²) in [6.07, 6.45) is 3.54. The molecule has 0 aliphatic carbocycles. The van der Waals surface area contributed by atoms with Crippen molar-refractivity contribution in [3.05, 3.63) is 24.3 Å². The molecule has 2 N–H and O–H groups in total. The zero-order valence-electron chi connectivity index (χ0n) is 7.57. The number of nitrogens with two attached hydrogens (primary N) is 1. The van der Waals surface area contributed by atoms with Crippen molar-refractivity contribution in [3.63, 3.8) is 0 Å². The highest BCUT2D eigenvalue weighted by atomic mass is 15.1. The van der Waals surface area contributed by atoms with Crippen molar-refractivity contribution >= 4 is 11.0 Å². The number of fused-ring (bicyclic) bond motifs is 1. The lowest BCUT2D eigenvalue weighted by atomic mass is 10.4. The van der Waals surface area contributed by atoms with Gasteiger partial charge in [-0.1, -0.05) is 0 Å². The molecule has 2 rings (SSSR count). The van der Waals surface area contributed by atoms with Crippen molar-refractivity contribution in [3.8, 4) is 0 Å². The lowest BCUT2D eigenvalue weighted by Gasteiger charge is -2.02. The van der Waals surface area contributed by atoms with Crippen molar-refractivity contribution in [1.82, 2.24) is 14.5 Å². The van der Waals surface area contributed by atoms with Crippen LogP contribution in [-0.2, 0) is 13.1 Å². The van der Waals surface area contributed by atoms with E-state index in [-0.39, 0.29) is 0 Å². The molecule has 0 saturated heterocycles. The van der Waals surface area contributed by atoms with E-state index in [1.165, 1.54) is 0 Å². The molecule has 0 aliphatic rings. The van der Waals surface area contributed by atoms with Crippen LogP contribution in [0.2, 0.25) is 0 Å². The van der Waals surface area contributed by atoms with Gasteiger partial charge in [0.15, 0.2) is 0 Å². The van der Waals surface area contributed by atoms with E-state index < -0.39 is 0 Å². The minimum Gasteiger partial charge on any atom is -0.327 e. The molecular weight excluding hydrogens is 164 g/mol. The first-order chi connectivity index (χ1) is 6.36. The van der Waals surface area contributed by atoms with Gasteiger partial charge in [-0.05, 0) is 13.0 Å². The van der Waals surface area contributed by atoms with Gasteiger partial charge in [-0.15, -0.1) is 0 Å². The zero-order valence-corrected chi connectivity index (χ0v) is 7.57. The van der Waals surface area contributed by atoms with Gasteiger partial charge >= 0.3 is 0 Å². The third-order valence-corrected chi connectivity index (χ3v) is 2.13. The van der Waals surface area contributed by atoms with E-state index in [9.17, 15) is 0 Å². The monoisotopic (exact) mass is 176 g/mol. The molecule has 0 fully saturated rings. The van der Waals surface area contributed by atoms with Crippen LogP contribution in [-0.4, -0.2) is 14.5 Å². The largest absolute Gasteiger partial charge is 0.327 e. The fourth-order valence-corrected chi connectivity index (χ4v) is 1.54. The summed E-state index contributed by atoms with van der Waals surface area (Å²) in [5.41, 5.74) is 7.62. The van der Waals surface area contributed by atoms with Crippen LogP contribution < -0.4 is 5.73 Å². The van der Waals surface area contributed by atoms with Crippen LogP contribution in [0.3, 0.4) is 0 Å². The van der Waals surface area contributed by atoms with E-state index in [2.05, 4.69) is 21.5 Å². The van der Waals surface area contributed by atoms with Crippen LogP contribution in [0.15, 0.2) is 18.5 Å². The molecule has 0 atom stereocenters. The van der Waals surface area contributed by atoms with Crippen LogP contribution in [0.25, 0.3) is 11.0 Å². The maximum atomic E-state index is 5.59. The molecule has 0 aliphatic heterocycles. The minimum absolute atomic E-state index is 0.475. The molecule has 4 nitrogen and oxygen atoms in total. The van der Waals surface area contributed by atoms with Crippen molar-refractivity contribution in [1.29, 1.82) is 0 Å². The van der Waals surface area contributed by atoms with Gasteiger partial charge < -0.3 is 10.3 Å². The van der Waals surface area contributed by atoms with E-state index in [0.29, 0.717) is 6.54 Å². The van der Waals surface area contributed by atoms with Crippen molar-refractivity contribution in [2.75, 3.05) is 0 Å². The van der Waals surface area contributed by atoms with Gasteiger partial charge in [0.05, 0.1) is 18.3 Å². The number of imidazole rings is 1. The fourth-order valence-electron chi connectivity index (χ4n) is 1.54. The molecule has 68 valence electrons. The van der Waals surface area contributed by atoms with E-state index in [1.54, 1.807) is 12.4 Å². The second-order valence-electron chi connectivity index (χ2n) is 2.84. The fraction of sp³-hybridized carbons (Fsp3) is 0.333. The summed E-state index contributed by atoms with van der Waals surface area (Å²) < 4.78 is 2.11. The SMILES string of the molecule is CCn1c(CN)nc2cnccc21. The molecule has 0 bridgehead atoms. The summed E-state index contributed by atoms with van der Waals surface area (Å²) in [5.74, 6) is 0.922. The van der Waals surface area contributed by atoms with E-state index in [4.69, 9.17) is 5.73 Å². The second-order valence-corrected chi connectivity index (χ2v) is 2.84. The van der Waals surface area contributed by atoms with Crippen molar-refractivity contribution in [2.24, 2.45) is 5.73 Å². The molecule has 13 heavy (non-hydrogen) atoms. The third-order valence-electron chi connectivity index (χ3n) is 2.13. The Kier molecular flexibility index (Phi) is 1.98. The Morgan fingerprint density at radius 3 is 3.08 bits per heavy atom. The molecule has 2 aromatic heterocycles. The highest BCUT2D eigenvalue weighted by Gasteiger charge is 2.06. The molecule has 2 aromatic rings. The topological polar surface area (TPSA) is 56.7 Å². The summed E-state index contributed by atoms with van der Waals surface area (Å²) in [6.45, 7) is 3.45. The summed E-state index contributed by atoms with van der Waals surface area (Å²) in [6, 6.07) is 1.96. The molecule has 0 amide bonds. The van der Waals surface area contributed by atoms with Gasteiger partial charge in [-0.25, -0.2) is 4.98 Å². The van der Waals surface area contributed by atoms with Gasteiger partial charge in [0, 0.05) is 12.7 Å². The summed E-state index contributed by atoms with van der Waals surface area (Å²) in [4.78, 5) is 8.40. The second kappa shape index (κ2) is 3.14. The van der Waals surface area contributed by atoms with Gasteiger partial charge in [0.1, 0.15) is 11.3 Å². The molecule has 0 spiro atoms. The average molecular weight is 176 g/mol. The van der Waals surface area contributed by atoms with E-state index in [1.807, 2.05) is 6.07 Å². The smallest absolute Gasteiger partial charge is 0.123 e. The summed E-state index contributed by atoms with van der Waals surface area (Å²) in [7, 11) is 0. The van der Waals surface area contributed by atoms with Crippen LogP contribution in [0.1, 0.15) is 12.7 Å². The number of aryl methyl sites for hydroxylation is 1. The molecule has 4 heteroatoms. The first-order valence-electron chi connectivity index (χ1n) is 4.36. The Balaban J connectivity index is 2.73. The van der Waals surface area contributed by atoms with Crippen molar-refractivity contribution < 1.29 is 0 Å². The third kappa shape index (κ3) is 1.19. The van der Waals surface area contributed by atoms with Crippen LogP contribution >= 0.6 is 0 Å². The highest BCUT2D eigenvalue weighted by Crippen LogP contribution is 2.13. The summed E-state index contributed by atoms with van der Waals surface area (Å²) >= 11 is 0. The van der Waals surface area contributed by atoms with Crippen LogP contribution in [0.4, 0.5) is 0 Å². The average Bonchev–Trinajstić information content (AvgIpc) is 2.55. The molecule has 0 aromatic carbocycles. The maximum absolute atomic E-state index is 5.59. The molecule has 0 saturated carbocycles. The Hall–Kier alpha value is -1.42. The van der Waals surface area contributed by atoms with E-state index in [0.717, 1.165) is 23.4 Å². The summed E-state index contributed by atoms with van der Waals surface area (Å²) in [5, 5.41) is 0. The highest BCUT2D eigenvalue weighted by molar-refractivity contribution is 5.74. The lowest BCUT2D eigenvalue weighted by molar-refractivity contribution is 0.718.